The first-order valence-corrected chi connectivity index (χ1v) is 3.51. The number of aromatic nitrogens is 1. The Bertz CT molecular complexity index is 320. The molecule has 0 bridgehead atoms. The zero-order valence-corrected chi connectivity index (χ0v) is 6.22. The molecule has 0 atom stereocenters. The van der Waals surface area contributed by atoms with Gasteiger partial charge in [-0.15, -0.1) is 0 Å². The lowest BCUT2D eigenvalue weighted by molar-refractivity contribution is -0.115. The number of hydrogen-bond acceptors (Lipinski definition) is 2. The Morgan fingerprint density at radius 3 is 3.27 bits per heavy atom. The highest BCUT2D eigenvalue weighted by atomic mass is 16.1. The van der Waals surface area contributed by atoms with Crippen LogP contribution in [-0.2, 0) is 11.2 Å². The van der Waals surface area contributed by atoms with Crippen LogP contribution in [0.25, 0.3) is 0 Å². The summed E-state index contributed by atoms with van der Waals surface area (Å²) in [6, 6.07) is 1.94. The topological polar surface area (TPSA) is 42.0 Å². The Balaban J connectivity index is 2.51. The van der Waals surface area contributed by atoms with Crippen molar-refractivity contribution in [3.05, 3.63) is 23.5 Å². The number of nitrogens with zero attached hydrogens (tertiary/aromatic N) is 1. The van der Waals surface area contributed by atoms with E-state index >= 15 is 0 Å². The van der Waals surface area contributed by atoms with E-state index in [1.165, 1.54) is 0 Å². The van der Waals surface area contributed by atoms with Gasteiger partial charge in [-0.3, -0.25) is 9.78 Å². The Morgan fingerprint density at radius 2 is 2.45 bits per heavy atom. The van der Waals surface area contributed by atoms with Gasteiger partial charge in [-0.25, -0.2) is 0 Å². The minimum atomic E-state index is 0.0399. The lowest BCUT2D eigenvalue weighted by Gasteiger charge is -1.96. The van der Waals surface area contributed by atoms with Crippen LogP contribution in [0, 0.1) is 6.92 Å². The third kappa shape index (κ3) is 0.981. The molecular formula is C8H8N2O. The van der Waals surface area contributed by atoms with Gasteiger partial charge < -0.3 is 5.32 Å². The van der Waals surface area contributed by atoms with Crippen molar-refractivity contribution in [1.82, 2.24) is 4.98 Å². The SMILES string of the molecule is Cc1cnc2c(c1)NC(=O)C2. The summed E-state index contributed by atoms with van der Waals surface area (Å²) in [7, 11) is 0. The minimum absolute atomic E-state index is 0.0399. The van der Waals surface area contributed by atoms with E-state index in [4.69, 9.17) is 0 Å². The molecule has 0 radical (unpaired) electrons. The van der Waals surface area contributed by atoms with Crippen molar-refractivity contribution in [2.24, 2.45) is 0 Å². The van der Waals surface area contributed by atoms with Gasteiger partial charge in [0.25, 0.3) is 0 Å². The summed E-state index contributed by atoms with van der Waals surface area (Å²) in [5, 5.41) is 2.74. The third-order valence-electron chi connectivity index (χ3n) is 1.71. The molecule has 0 unspecified atom stereocenters. The molecule has 2 heterocycles. The molecule has 0 fully saturated rings. The summed E-state index contributed by atoms with van der Waals surface area (Å²) < 4.78 is 0. The molecular weight excluding hydrogens is 140 g/mol. The molecule has 1 aromatic rings. The lowest BCUT2D eigenvalue weighted by Crippen LogP contribution is -2.03. The Labute approximate surface area is 64.5 Å². The van der Waals surface area contributed by atoms with Crippen molar-refractivity contribution in [3.8, 4) is 0 Å². The first kappa shape index (κ1) is 6.34. The van der Waals surface area contributed by atoms with Crippen molar-refractivity contribution >= 4 is 11.6 Å². The lowest BCUT2D eigenvalue weighted by atomic mass is 10.2. The van der Waals surface area contributed by atoms with Crippen LogP contribution < -0.4 is 5.32 Å². The van der Waals surface area contributed by atoms with Gasteiger partial charge in [-0.1, -0.05) is 0 Å². The zero-order valence-electron chi connectivity index (χ0n) is 6.22. The summed E-state index contributed by atoms with van der Waals surface area (Å²) in [4.78, 5) is 15.0. The molecule has 2 rings (SSSR count). The number of anilines is 1. The van der Waals surface area contributed by atoms with Gasteiger partial charge in [0.1, 0.15) is 0 Å². The van der Waals surface area contributed by atoms with Crippen LogP contribution in [0.3, 0.4) is 0 Å². The van der Waals surface area contributed by atoms with E-state index < -0.39 is 0 Å². The predicted octanol–water partition coefficient (Wildman–Crippen LogP) is 0.885. The largest absolute Gasteiger partial charge is 0.324 e. The first-order valence-electron chi connectivity index (χ1n) is 3.51. The molecule has 0 saturated carbocycles. The van der Waals surface area contributed by atoms with Crippen molar-refractivity contribution in [2.75, 3.05) is 5.32 Å². The molecule has 56 valence electrons. The second kappa shape index (κ2) is 2.05. The fourth-order valence-electron chi connectivity index (χ4n) is 1.19. The van der Waals surface area contributed by atoms with Gasteiger partial charge in [0, 0.05) is 6.20 Å². The van der Waals surface area contributed by atoms with E-state index in [0.717, 1.165) is 16.9 Å². The van der Waals surface area contributed by atoms with Gasteiger partial charge in [0.15, 0.2) is 0 Å². The normalized spacial score (nSPS) is 14.5. The van der Waals surface area contributed by atoms with E-state index in [1.807, 2.05) is 13.0 Å². The van der Waals surface area contributed by atoms with Crippen molar-refractivity contribution in [2.45, 2.75) is 13.3 Å². The standard InChI is InChI=1S/C8H8N2O/c1-5-2-7-6(9-4-5)3-8(11)10-7/h2,4H,3H2,1H3,(H,10,11). The number of carbonyl (C=O) groups excluding carboxylic acids is 1. The molecule has 1 N–H and O–H groups in total. The van der Waals surface area contributed by atoms with E-state index in [-0.39, 0.29) is 5.91 Å². The average Bonchev–Trinajstić information content (AvgIpc) is 2.27. The molecule has 1 aliphatic rings. The van der Waals surface area contributed by atoms with Crippen molar-refractivity contribution < 1.29 is 4.79 Å². The molecule has 11 heavy (non-hydrogen) atoms. The number of carbonyl (C=O) groups is 1. The summed E-state index contributed by atoms with van der Waals surface area (Å²) in [5.74, 6) is 0.0399. The molecule has 1 aliphatic heterocycles. The average molecular weight is 148 g/mol. The Morgan fingerprint density at radius 1 is 1.64 bits per heavy atom. The van der Waals surface area contributed by atoms with E-state index in [0.29, 0.717) is 6.42 Å². The van der Waals surface area contributed by atoms with Gasteiger partial charge >= 0.3 is 0 Å². The smallest absolute Gasteiger partial charge is 0.230 e. The highest BCUT2D eigenvalue weighted by Crippen LogP contribution is 2.20. The maximum absolute atomic E-state index is 10.9. The highest BCUT2D eigenvalue weighted by Gasteiger charge is 2.17. The predicted molar refractivity (Wildman–Crippen MR) is 41.3 cm³/mol. The molecule has 0 saturated heterocycles. The van der Waals surface area contributed by atoms with Gasteiger partial charge in [-0.05, 0) is 18.6 Å². The Kier molecular flexibility index (Phi) is 1.18. The summed E-state index contributed by atoms with van der Waals surface area (Å²) in [5.41, 5.74) is 2.81. The van der Waals surface area contributed by atoms with Crippen molar-refractivity contribution in [3.63, 3.8) is 0 Å². The summed E-state index contributed by atoms with van der Waals surface area (Å²) >= 11 is 0. The number of nitrogens with one attached hydrogen (secondary N) is 1. The molecule has 1 aromatic heterocycles. The summed E-state index contributed by atoms with van der Waals surface area (Å²) in [6.07, 6.45) is 2.20. The second-order valence-electron chi connectivity index (χ2n) is 2.73. The maximum Gasteiger partial charge on any atom is 0.230 e. The number of amides is 1. The number of hydrogen-bond donors (Lipinski definition) is 1. The summed E-state index contributed by atoms with van der Waals surface area (Å²) in [6.45, 7) is 1.96. The zero-order chi connectivity index (χ0) is 7.84. The van der Waals surface area contributed by atoms with Crippen LogP contribution in [0.5, 0.6) is 0 Å². The second-order valence-corrected chi connectivity index (χ2v) is 2.73. The number of fused-ring (bicyclic) bond motifs is 1. The van der Waals surface area contributed by atoms with Crippen LogP contribution in [0.1, 0.15) is 11.3 Å². The van der Waals surface area contributed by atoms with E-state index in [9.17, 15) is 4.79 Å². The van der Waals surface area contributed by atoms with E-state index in [2.05, 4.69) is 10.3 Å². The van der Waals surface area contributed by atoms with Crippen LogP contribution in [0.4, 0.5) is 5.69 Å². The third-order valence-corrected chi connectivity index (χ3v) is 1.71. The molecule has 1 amide bonds. The van der Waals surface area contributed by atoms with Gasteiger partial charge in [0.2, 0.25) is 5.91 Å². The number of aryl methyl sites for hydroxylation is 1. The van der Waals surface area contributed by atoms with Crippen LogP contribution in [0.15, 0.2) is 12.3 Å². The fraction of sp³-hybridized carbons (Fsp3) is 0.250. The van der Waals surface area contributed by atoms with Crippen LogP contribution in [-0.4, -0.2) is 10.9 Å². The number of rotatable bonds is 0. The monoisotopic (exact) mass is 148 g/mol. The number of pyridine rings is 1. The molecule has 0 aromatic carbocycles. The van der Waals surface area contributed by atoms with Crippen LogP contribution in [0.2, 0.25) is 0 Å². The Hall–Kier alpha value is -1.38. The molecule has 0 spiro atoms. The quantitative estimate of drug-likeness (QED) is 0.593. The molecule has 0 aliphatic carbocycles. The molecule has 3 heteroatoms. The first-order chi connectivity index (χ1) is 5.25. The van der Waals surface area contributed by atoms with Gasteiger partial charge in [0.05, 0.1) is 17.8 Å². The maximum atomic E-state index is 10.9. The highest BCUT2D eigenvalue weighted by molar-refractivity contribution is 5.98. The van der Waals surface area contributed by atoms with Crippen LogP contribution >= 0.6 is 0 Å². The van der Waals surface area contributed by atoms with E-state index in [1.54, 1.807) is 6.20 Å². The molecule has 3 nitrogen and oxygen atoms in total. The fourth-order valence-corrected chi connectivity index (χ4v) is 1.19. The van der Waals surface area contributed by atoms with Gasteiger partial charge in [-0.2, -0.15) is 0 Å². The minimum Gasteiger partial charge on any atom is -0.324 e. The van der Waals surface area contributed by atoms with Crippen molar-refractivity contribution in [1.29, 1.82) is 0 Å².